The second-order valence-corrected chi connectivity index (χ2v) is 8.79. The highest BCUT2D eigenvalue weighted by atomic mass is 19.3. The third-order valence-electron chi connectivity index (χ3n) is 6.29. The van der Waals surface area contributed by atoms with Gasteiger partial charge in [0, 0.05) is 23.6 Å². The SMILES string of the molecule is C[C@H]1Cn2ncc(NC(=O)c3cccc(C#N)c3)c2C(=O)N1c1ccc(CC2CC2(F)F)cc1. The second kappa shape index (κ2) is 8.06. The van der Waals surface area contributed by atoms with Gasteiger partial charge in [0.05, 0.1) is 36.1 Å². The van der Waals surface area contributed by atoms with Crippen LogP contribution in [0.15, 0.2) is 54.7 Å². The summed E-state index contributed by atoms with van der Waals surface area (Å²) in [7, 11) is 0. The van der Waals surface area contributed by atoms with Gasteiger partial charge < -0.3 is 10.2 Å². The minimum atomic E-state index is -2.56. The highest BCUT2D eigenvalue weighted by molar-refractivity contribution is 6.13. The molecule has 1 aromatic heterocycles. The summed E-state index contributed by atoms with van der Waals surface area (Å²) in [4.78, 5) is 27.8. The van der Waals surface area contributed by atoms with E-state index in [1.807, 2.05) is 13.0 Å². The minimum absolute atomic E-state index is 0.0737. The molecular weight excluding hydrogens is 440 g/mol. The number of nitriles is 1. The Morgan fingerprint density at radius 2 is 2.00 bits per heavy atom. The van der Waals surface area contributed by atoms with Gasteiger partial charge in [0.25, 0.3) is 17.7 Å². The quantitative estimate of drug-likeness (QED) is 0.615. The average Bonchev–Trinajstić information content (AvgIpc) is 3.21. The molecular formula is C25H21F2N5O2. The number of rotatable bonds is 5. The van der Waals surface area contributed by atoms with Gasteiger partial charge in [-0.15, -0.1) is 0 Å². The van der Waals surface area contributed by atoms with Gasteiger partial charge in [-0.1, -0.05) is 18.2 Å². The number of aromatic nitrogens is 2. The van der Waals surface area contributed by atoms with E-state index in [0.29, 0.717) is 29.8 Å². The van der Waals surface area contributed by atoms with Crippen molar-refractivity contribution in [3.05, 3.63) is 77.1 Å². The maximum absolute atomic E-state index is 13.5. The Balaban J connectivity index is 1.37. The molecule has 9 heteroatoms. The van der Waals surface area contributed by atoms with E-state index in [4.69, 9.17) is 5.26 Å². The van der Waals surface area contributed by atoms with Crippen LogP contribution in [-0.2, 0) is 13.0 Å². The number of carbonyl (C=O) groups excluding carboxylic acids is 2. The molecule has 1 aliphatic heterocycles. The Morgan fingerprint density at radius 3 is 2.68 bits per heavy atom. The van der Waals surface area contributed by atoms with Crippen molar-refractivity contribution in [2.24, 2.45) is 5.92 Å². The molecule has 0 radical (unpaired) electrons. The topological polar surface area (TPSA) is 91.0 Å². The van der Waals surface area contributed by atoms with Crippen molar-refractivity contribution in [3.8, 4) is 6.07 Å². The normalized spacial score (nSPS) is 20.4. The van der Waals surface area contributed by atoms with Crippen molar-refractivity contribution in [2.45, 2.75) is 38.3 Å². The average molecular weight is 461 g/mol. The number of fused-ring (bicyclic) bond motifs is 1. The van der Waals surface area contributed by atoms with E-state index < -0.39 is 17.7 Å². The van der Waals surface area contributed by atoms with E-state index in [9.17, 15) is 18.4 Å². The monoisotopic (exact) mass is 461 g/mol. The van der Waals surface area contributed by atoms with E-state index in [0.717, 1.165) is 5.56 Å². The summed E-state index contributed by atoms with van der Waals surface area (Å²) in [6.07, 6.45) is 1.68. The van der Waals surface area contributed by atoms with Gasteiger partial charge in [-0.3, -0.25) is 14.3 Å². The maximum Gasteiger partial charge on any atom is 0.279 e. The van der Waals surface area contributed by atoms with Crippen molar-refractivity contribution in [1.82, 2.24) is 9.78 Å². The molecule has 2 amide bonds. The largest absolute Gasteiger partial charge is 0.319 e. The standard InChI is InChI=1S/C25H21F2N5O2/c1-15-14-31-22(21(13-29-31)30-23(33)18-4-2-3-17(9-18)12-28)24(34)32(15)20-7-5-16(6-8-20)10-19-11-25(19,26)27/h2-9,13,15,19H,10-11,14H2,1H3,(H,30,33)/t15-,19?/m0/s1. The molecule has 34 heavy (non-hydrogen) atoms. The molecule has 0 bridgehead atoms. The van der Waals surface area contributed by atoms with E-state index >= 15 is 0 Å². The van der Waals surface area contributed by atoms with Crippen LogP contribution in [0.2, 0.25) is 0 Å². The Hall–Kier alpha value is -4.06. The Bertz CT molecular complexity index is 1330. The fraction of sp³-hybridized carbons (Fsp3) is 0.280. The summed E-state index contributed by atoms with van der Waals surface area (Å²) >= 11 is 0. The van der Waals surface area contributed by atoms with Gasteiger partial charge >= 0.3 is 0 Å². The van der Waals surface area contributed by atoms with E-state index in [1.54, 1.807) is 52.0 Å². The number of hydrogen-bond donors (Lipinski definition) is 1. The van der Waals surface area contributed by atoms with Crippen molar-refractivity contribution in [3.63, 3.8) is 0 Å². The molecule has 3 aromatic rings. The van der Waals surface area contributed by atoms with E-state index in [2.05, 4.69) is 10.4 Å². The number of anilines is 2. The number of amides is 2. The zero-order valence-electron chi connectivity index (χ0n) is 18.3. The zero-order chi connectivity index (χ0) is 24.0. The summed E-state index contributed by atoms with van der Waals surface area (Å²) < 4.78 is 28.0. The third-order valence-corrected chi connectivity index (χ3v) is 6.29. The molecule has 1 saturated carbocycles. The van der Waals surface area contributed by atoms with Gasteiger partial charge in [0.2, 0.25) is 0 Å². The molecule has 1 aliphatic carbocycles. The highest BCUT2D eigenvalue weighted by Gasteiger charge is 2.56. The van der Waals surface area contributed by atoms with E-state index in [-0.39, 0.29) is 29.8 Å². The van der Waals surface area contributed by atoms with E-state index in [1.165, 1.54) is 12.3 Å². The maximum atomic E-state index is 13.5. The zero-order valence-corrected chi connectivity index (χ0v) is 18.3. The smallest absolute Gasteiger partial charge is 0.279 e. The molecule has 2 atom stereocenters. The molecule has 5 rings (SSSR count). The summed E-state index contributed by atoms with van der Waals surface area (Å²) in [6, 6.07) is 15.2. The number of alkyl halides is 2. The number of nitrogens with one attached hydrogen (secondary N) is 1. The summed E-state index contributed by atoms with van der Waals surface area (Å²) in [6.45, 7) is 2.32. The summed E-state index contributed by atoms with van der Waals surface area (Å²) in [5, 5.41) is 16.1. The van der Waals surface area contributed by atoms with Crippen LogP contribution in [0.1, 0.15) is 45.3 Å². The van der Waals surface area contributed by atoms with Gasteiger partial charge in [0.1, 0.15) is 5.69 Å². The highest BCUT2D eigenvalue weighted by Crippen LogP contribution is 2.50. The van der Waals surface area contributed by atoms with Crippen LogP contribution in [0.3, 0.4) is 0 Å². The minimum Gasteiger partial charge on any atom is -0.319 e. The molecule has 7 nitrogen and oxygen atoms in total. The molecule has 2 aromatic carbocycles. The van der Waals surface area contributed by atoms with Crippen LogP contribution in [-0.4, -0.2) is 33.6 Å². The van der Waals surface area contributed by atoms with Crippen LogP contribution >= 0.6 is 0 Å². The molecule has 1 N–H and O–H groups in total. The first kappa shape index (κ1) is 21.8. The van der Waals surface area contributed by atoms with Crippen molar-refractivity contribution in [1.29, 1.82) is 5.26 Å². The first-order chi connectivity index (χ1) is 16.3. The molecule has 172 valence electrons. The lowest BCUT2D eigenvalue weighted by Gasteiger charge is -2.34. The molecule has 2 heterocycles. The molecule has 0 saturated heterocycles. The molecule has 0 spiro atoms. The van der Waals surface area contributed by atoms with Gasteiger partial charge in [-0.2, -0.15) is 10.4 Å². The van der Waals surface area contributed by atoms with Crippen molar-refractivity contribution in [2.75, 3.05) is 10.2 Å². The predicted molar refractivity (Wildman–Crippen MR) is 121 cm³/mol. The Morgan fingerprint density at radius 1 is 1.26 bits per heavy atom. The second-order valence-electron chi connectivity index (χ2n) is 8.79. The van der Waals surface area contributed by atoms with Crippen molar-refractivity contribution < 1.29 is 18.4 Å². The Kier molecular flexibility index (Phi) is 5.16. The Labute approximate surface area is 194 Å². The van der Waals surface area contributed by atoms with Gasteiger partial charge in [-0.25, -0.2) is 8.78 Å². The van der Waals surface area contributed by atoms with Crippen LogP contribution in [0, 0.1) is 17.2 Å². The van der Waals surface area contributed by atoms with Crippen LogP contribution in [0.5, 0.6) is 0 Å². The first-order valence-corrected chi connectivity index (χ1v) is 10.9. The molecule has 1 unspecified atom stereocenters. The van der Waals surface area contributed by atoms with Crippen molar-refractivity contribution >= 4 is 23.2 Å². The fourth-order valence-electron chi connectivity index (χ4n) is 4.35. The lowest BCUT2D eigenvalue weighted by Crippen LogP contribution is -2.47. The number of halogens is 2. The van der Waals surface area contributed by atoms with Crippen LogP contribution < -0.4 is 10.2 Å². The molecule has 1 fully saturated rings. The lowest BCUT2D eigenvalue weighted by atomic mass is 10.1. The number of hydrogen-bond acceptors (Lipinski definition) is 4. The number of benzene rings is 2. The van der Waals surface area contributed by atoms with Gasteiger partial charge in [-0.05, 0) is 49.2 Å². The first-order valence-electron chi connectivity index (χ1n) is 10.9. The number of nitrogens with zero attached hydrogens (tertiary/aromatic N) is 4. The third kappa shape index (κ3) is 3.92. The summed E-state index contributed by atoms with van der Waals surface area (Å²) in [5.74, 6) is -3.94. The van der Waals surface area contributed by atoms with Crippen LogP contribution in [0.25, 0.3) is 0 Å². The van der Waals surface area contributed by atoms with Gasteiger partial charge in [0.15, 0.2) is 0 Å². The lowest BCUT2D eigenvalue weighted by molar-refractivity contribution is 0.0947. The predicted octanol–water partition coefficient (Wildman–Crippen LogP) is 4.25. The number of carbonyl (C=O) groups is 2. The molecule has 2 aliphatic rings. The summed E-state index contributed by atoms with van der Waals surface area (Å²) in [5.41, 5.74) is 2.64. The van der Waals surface area contributed by atoms with Crippen LogP contribution in [0.4, 0.5) is 20.2 Å². The fourth-order valence-corrected chi connectivity index (χ4v) is 4.35.